The zero-order valence-corrected chi connectivity index (χ0v) is 26.0. The fourth-order valence-electron chi connectivity index (χ4n) is 8.77. The van der Waals surface area contributed by atoms with Gasteiger partial charge in [-0.05, 0) is 80.9 Å². The number of phenols is 1. The first-order chi connectivity index (χ1) is 21.5. The lowest BCUT2D eigenvalue weighted by atomic mass is 9.44. The van der Waals surface area contributed by atoms with Gasteiger partial charge in [0.15, 0.2) is 11.6 Å². The number of rotatable bonds is 3. The van der Waals surface area contributed by atoms with E-state index in [1.54, 1.807) is 6.07 Å². The van der Waals surface area contributed by atoms with Gasteiger partial charge in [-0.1, -0.05) is 84.4 Å². The minimum absolute atomic E-state index is 0.129. The van der Waals surface area contributed by atoms with Crippen molar-refractivity contribution < 1.29 is 24.3 Å². The van der Waals surface area contributed by atoms with E-state index >= 15 is 0 Å². The molecule has 1 aliphatic heterocycles. The predicted octanol–water partition coefficient (Wildman–Crippen LogP) is 6.32. The topological polar surface area (TPSA) is 91.8 Å². The van der Waals surface area contributed by atoms with Crippen molar-refractivity contribution in [2.24, 2.45) is 23.7 Å². The summed E-state index contributed by atoms with van der Waals surface area (Å²) in [5, 5.41) is 10.5. The largest absolute Gasteiger partial charge is 0.508 e. The van der Waals surface area contributed by atoms with Crippen LogP contribution in [0.3, 0.4) is 0 Å². The maximum Gasteiger partial charge on any atom is 0.234 e. The van der Waals surface area contributed by atoms with Crippen LogP contribution in [0.25, 0.3) is 5.57 Å². The number of carbonyl (C=O) groups excluding carboxylic acids is 4. The molecule has 0 unspecified atom stereocenters. The maximum absolute atomic E-state index is 15.0. The summed E-state index contributed by atoms with van der Waals surface area (Å²) in [6, 6.07) is 24.2. The van der Waals surface area contributed by atoms with E-state index in [0.29, 0.717) is 23.1 Å². The average molecular weight is 600 g/mol. The molecule has 1 saturated heterocycles. The number of amides is 2. The molecule has 6 nitrogen and oxygen atoms in total. The van der Waals surface area contributed by atoms with Crippen molar-refractivity contribution in [3.05, 3.63) is 119 Å². The first-order valence-electron chi connectivity index (χ1n) is 15.7. The molecule has 3 aromatic rings. The van der Waals surface area contributed by atoms with Crippen LogP contribution in [0.1, 0.15) is 61.8 Å². The quantitative estimate of drug-likeness (QED) is 0.281. The van der Waals surface area contributed by atoms with E-state index in [1.165, 1.54) is 11.0 Å². The average Bonchev–Trinajstić information content (AvgIpc) is 3.29. The second-order valence-electron chi connectivity index (χ2n) is 14.0. The molecule has 1 heterocycles. The van der Waals surface area contributed by atoms with Gasteiger partial charge in [0, 0.05) is 22.9 Å². The molecule has 0 radical (unpaired) electrons. The van der Waals surface area contributed by atoms with Crippen molar-refractivity contribution in [3.63, 3.8) is 0 Å². The van der Waals surface area contributed by atoms with E-state index in [9.17, 15) is 24.3 Å². The molecule has 4 aliphatic rings. The Hall–Kier alpha value is -4.58. The van der Waals surface area contributed by atoms with E-state index in [4.69, 9.17) is 0 Å². The Balaban J connectivity index is 1.51. The van der Waals surface area contributed by atoms with Crippen LogP contribution in [0, 0.1) is 30.6 Å². The van der Waals surface area contributed by atoms with Gasteiger partial charge in [0.1, 0.15) is 5.75 Å². The monoisotopic (exact) mass is 599 g/mol. The van der Waals surface area contributed by atoms with Gasteiger partial charge in [-0.25, -0.2) is 0 Å². The van der Waals surface area contributed by atoms with Crippen LogP contribution in [0.15, 0.2) is 96.6 Å². The molecule has 45 heavy (non-hydrogen) atoms. The lowest BCUT2D eigenvalue weighted by Crippen LogP contribution is -2.59. The van der Waals surface area contributed by atoms with Crippen LogP contribution < -0.4 is 0 Å². The normalized spacial score (nSPS) is 29.5. The molecule has 3 aromatic carbocycles. The summed E-state index contributed by atoms with van der Waals surface area (Å²) in [7, 11) is 0. The fourth-order valence-corrected chi connectivity index (χ4v) is 8.77. The number of Topliss-reactive ketones (excluding diaryl/α,β-unsaturated/α-hetero) is 1. The molecular weight excluding hydrogens is 562 g/mol. The first-order valence-corrected chi connectivity index (χ1v) is 15.7. The number of benzene rings is 3. The lowest BCUT2D eigenvalue weighted by molar-refractivity contribution is -0.145. The molecule has 0 aromatic heterocycles. The van der Waals surface area contributed by atoms with Crippen molar-refractivity contribution in [3.8, 4) is 5.75 Å². The molecule has 0 bridgehead atoms. The molecule has 2 fully saturated rings. The number of aromatic hydroxyl groups is 1. The maximum atomic E-state index is 15.0. The number of ketones is 2. The Morgan fingerprint density at radius 3 is 2.16 bits per heavy atom. The smallest absolute Gasteiger partial charge is 0.234 e. The molecule has 1 saturated carbocycles. The number of carbonyl (C=O) groups is 4. The minimum atomic E-state index is -1.27. The number of phenolic OH excluding ortho intramolecular Hbond substituents is 1. The summed E-state index contributed by atoms with van der Waals surface area (Å²) >= 11 is 0. The van der Waals surface area contributed by atoms with Crippen molar-refractivity contribution in [2.45, 2.75) is 57.4 Å². The van der Waals surface area contributed by atoms with Crippen molar-refractivity contribution in [2.75, 3.05) is 0 Å². The predicted molar refractivity (Wildman–Crippen MR) is 171 cm³/mol. The van der Waals surface area contributed by atoms with Crippen LogP contribution in [-0.2, 0) is 24.6 Å². The number of hydrogen-bond donors (Lipinski definition) is 1. The Kier molecular flexibility index (Phi) is 6.63. The van der Waals surface area contributed by atoms with Crippen molar-refractivity contribution >= 4 is 29.0 Å². The summed E-state index contributed by atoms with van der Waals surface area (Å²) in [6.45, 7) is 7.44. The van der Waals surface area contributed by atoms with Crippen LogP contribution in [0.4, 0.5) is 0 Å². The Morgan fingerprint density at radius 2 is 1.51 bits per heavy atom. The van der Waals surface area contributed by atoms with Gasteiger partial charge in [-0.15, -0.1) is 0 Å². The van der Waals surface area contributed by atoms with E-state index in [1.807, 2.05) is 100 Å². The van der Waals surface area contributed by atoms with Crippen molar-refractivity contribution in [1.29, 1.82) is 0 Å². The highest BCUT2D eigenvalue weighted by Gasteiger charge is 2.66. The van der Waals surface area contributed by atoms with Crippen LogP contribution in [0.5, 0.6) is 5.75 Å². The molecule has 1 N–H and O–H groups in total. The second kappa shape index (κ2) is 10.2. The molecule has 6 atom stereocenters. The number of imide groups is 1. The number of allylic oxidation sites excluding steroid dienone is 4. The molecule has 6 heteroatoms. The number of hydrogen-bond acceptors (Lipinski definition) is 5. The van der Waals surface area contributed by atoms with Gasteiger partial charge in [0.2, 0.25) is 11.8 Å². The van der Waals surface area contributed by atoms with E-state index in [0.717, 1.165) is 16.7 Å². The Morgan fingerprint density at radius 1 is 0.844 bits per heavy atom. The summed E-state index contributed by atoms with van der Waals surface area (Å²) in [5.74, 6) is -3.38. The highest BCUT2D eigenvalue weighted by Crippen LogP contribution is 2.64. The number of nitrogens with zero attached hydrogens (tertiary/aromatic N) is 1. The third-order valence-electron chi connectivity index (χ3n) is 10.6. The Bertz CT molecular complexity index is 1810. The third kappa shape index (κ3) is 4.14. The molecule has 2 amide bonds. The second-order valence-corrected chi connectivity index (χ2v) is 14.0. The van der Waals surface area contributed by atoms with Gasteiger partial charge in [-0.3, -0.25) is 24.1 Å². The van der Waals surface area contributed by atoms with Crippen LogP contribution in [0.2, 0.25) is 0 Å². The number of fused-ring (bicyclic) bond motifs is 4. The molecule has 228 valence electrons. The summed E-state index contributed by atoms with van der Waals surface area (Å²) in [4.78, 5) is 59.2. The SMILES string of the molecule is Cc1cc([C@H]2C3=CC[C@@H]4C(=O)N(C(C)(C)C)C(=O)[C@@H]4[C@@H]3C[C@H]3C(=O)C(c4ccccc4)=CC(=O)[C@@]23c2ccccc2)ccc1O. The molecule has 0 spiro atoms. The van der Waals surface area contributed by atoms with E-state index < -0.39 is 40.5 Å². The highest BCUT2D eigenvalue weighted by molar-refractivity contribution is 6.31. The van der Waals surface area contributed by atoms with Crippen LogP contribution in [-0.4, -0.2) is 38.9 Å². The van der Waals surface area contributed by atoms with Gasteiger partial charge >= 0.3 is 0 Å². The fraction of sp³-hybridized carbons (Fsp3) is 0.333. The van der Waals surface area contributed by atoms with Crippen LogP contribution >= 0.6 is 0 Å². The summed E-state index contributed by atoms with van der Waals surface area (Å²) < 4.78 is 0. The van der Waals surface area contributed by atoms with Gasteiger partial charge < -0.3 is 5.11 Å². The number of aryl methyl sites for hydroxylation is 1. The molecule has 3 aliphatic carbocycles. The zero-order chi connectivity index (χ0) is 31.8. The molecular formula is C39H37NO5. The standard InChI is InChI=1S/C39H37NO5/c1-22-19-24(15-18-31(22)41)34-26-16-17-27-33(37(45)40(36(27)44)38(2,3)4)29(26)20-30-35(43)28(23-11-7-5-8-12-23)21-32(42)39(30,34)25-13-9-6-10-14-25/h5-16,18-19,21,27,29-30,33-34,41H,17,20H2,1-4H3/t27-,29+,30-,33-,34-,39-/m0/s1. The first kappa shape index (κ1) is 29.1. The van der Waals surface area contributed by atoms with E-state index in [2.05, 4.69) is 6.08 Å². The van der Waals surface area contributed by atoms with Gasteiger partial charge in [-0.2, -0.15) is 0 Å². The summed E-state index contributed by atoms with van der Waals surface area (Å²) in [5.41, 5.74) is 2.24. The van der Waals surface area contributed by atoms with Gasteiger partial charge in [0.25, 0.3) is 0 Å². The number of likely N-dealkylation sites (tertiary alicyclic amines) is 1. The third-order valence-corrected chi connectivity index (χ3v) is 10.6. The Labute approximate surface area is 263 Å². The molecule has 7 rings (SSSR count). The van der Waals surface area contributed by atoms with E-state index in [-0.39, 0.29) is 35.6 Å². The lowest BCUT2D eigenvalue weighted by Gasteiger charge is -2.55. The zero-order valence-electron chi connectivity index (χ0n) is 26.0. The van der Waals surface area contributed by atoms with Crippen molar-refractivity contribution in [1.82, 2.24) is 4.90 Å². The van der Waals surface area contributed by atoms with Gasteiger partial charge in [0.05, 0.1) is 17.3 Å². The minimum Gasteiger partial charge on any atom is -0.508 e. The summed E-state index contributed by atoms with van der Waals surface area (Å²) in [6.07, 6.45) is 4.27. The highest BCUT2D eigenvalue weighted by atomic mass is 16.3.